The molecule has 0 bridgehead atoms. The van der Waals surface area contributed by atoms with E-state index in [0.29, 0.717) is 38.9 Å². The van der Waals surface area contributed by atoms with Crippen LogP contribution in [-0.2, 0) is 9.59 Å². The van der Waals surface area contributed by atoms with Gasteiger partial charge in [-0.25, -0.2) is 4.39 Å². The molecule has 0 spiro atoms. The van der Waals surface area contributed by atoms with Crippen molar-refractivity contribution in [3.8, 4) is 11.1 Å². The van der Waals surface area contributed by atoms with E-state index in [1.807, 2.05) is 78.0 Å². The van der Waals surface area contributed by atoms with Crippen molar-refractivity contribution in [1.82, 2.24) is 19.6 Å². The lowest BCUT2D eigenvalue weighted by Crippen LogP contribution is -2.47. The molecule has 62 heavy (non-hydrogen) atoms. The largest absolute Gasteiger partial charge is 0.391 e. The summed E-state index contributed by atoms with van der Waals surface area (Å²) in [5.74, 6) is -0.0557. The molecule has 1 N–H and O–H groups in total. The lowest BCUT2D eigenvalue weighted by Gasteiger charge is -2.34. The standard InChI is InChI=1S/C52H59FN6O3/c1-5-56(6-2)49(39-15-11-9-12-16-39)51(61)58-33-43(53)29-47(58)45-27-41(31-54-45)37-23-19-35(20-24-37)36-21-25-38(26-22-36)42-28-46(55-32-42)48-30-44(60)34-59(48)52(62)50(57(7-3)8-4)40-17-13-10-14-18-40/h9-26,31-32,43-44,47-50,60H,5-8,27-30,33-34H2,1-4H3/t43-,44-,47+,48+,49?,50-/m1/s1. The minimum atomic E-state index is -1.09. The number of β-amino-alcohol motifs (C(OH)–C–C–N with tert-alkyl or cyclic N) is 1. The Morgan fingerprint density at radius 1 is 0.597 bits per heavy atom. The Hall–Kier alpha value is -5.55. The first-order chi connectivity index (χ1) is 30.2. The van der Waals surface area contributed by atoms with Gasteiger partial charge in [0.1, 0.15) is 18.3 Å². The number of allylic oxidation sites excluding steroid dienone is 2. The number of aliphatic imine (C=N–C) groups is 2. The molecule has 0 aliphatic carbocycles. The number of nitrogens with zero attached hydrogens (tertiary/aromatic N) is 6. The van der Waals surface area contributed by atoms with E-state index < -0.39 is 24.4 Å². The number of aliphatic hydroxyl groups is 1. The average Bonchev–Trinajstić information content (AvgIpc) is 4.15. The minimum absolute atomic E-state index is 0.00988. The van der Waals surface area contributed by atoms with Crippen molar-refractivity contribution in [2.75, 3.05) is 39.3 Å². The van der Waals surface area contributed by atoms with Crippen LogP contribution in [0.2, 0.25) is 0 Å². The van der Waals surface area contributed by atoms with Gasteiger partial charge in [-0.05, 0) is 70.7 Å². The predicted molar refractivity (Wildman–Crippen MR) is 247 cm³/mol. The van der Waals surface area contributed by atoms with Gasteiger partial charge in [-0.2, -0.15) is 0 Å². The van der Waals surface area contributed by atoms with Gasteiger partial charge in [0.25, 0.3) is 0 Å². The first kappa shape index (κ1) is 43.1. The van der Waals surface area contributed by atoms with Crippen LogP contribution < -0.4 is 0 Å². The average molecular weight is 835 g/mol. The van der Waals surface area contributed by atoms with Gasteiger partial charge in [0.2, 0.25) is 11.8 Å². The Morgan fingerprint density at radius 2 is 0.984 bits per heavy atom. The SMILES string of the molecule is CCN(CC)C(C(=O)N1C[C@H](F)C[C@H]1C1=NC=C(c2ccc(-c3ccc(C4=CN=C([C@@H]5C[C@@H](O)CN5C(=O)[C@@H](c5ccccc5)N(CC)CC)C4)cc3)cc2)C1)c1ccccc1. The number of likely N-dealkylation sites (N-methyl/N-ethyl adjacent to an activating group) is 2. The molecule has 4 aliphatic rings. The maximum Gasteiger partial charge on any atom is 0.245 e. The van der Waals surface area contributed by atoms with Gasteiger partial charge in [0.05, 0.1) is 24.7 Å². The molecule has 2 fully saturated rings. The van der Waals surface area contributed by atoms with Crippen LogP contribution in [0.4, 0.5) is 4.39 Å². The second-order valence-corrected chi connectivity index (χ2v) is 16.9. The Morgan fingerprint density at radius 3 is 1.40 bits per heavy atom. The molecule has 0 radical (unpaired) electrons. The Balaban J connectivity index is 0.896. The van der Waals surface area contributed by atoms with E-state index >= 15 is 4.39 Å². The van der Waals surface area contributed by atoms with E-state index in [0.717, 1.165) is 69.0 Å². The van der Waals surface area contributed by atoms with Crippen LogP contribution in [-0.4, -0.2) is 112 Å². The van der Waals surface area contributed by atoms with Crippen LogP contribution >= 0.6 is 0 Å². The number of likely N-dealkylation sites (tertiary alicyclic amines) is 2. The minimum Gasteiger partial charge on any atom is -0.391 e. The van der Waals surface area contributed by atoms with Crippen LogP contribution in [0.25, 0.3) is 22.3 Å². The third kappa shape index (κ3) is 8.87. The third-order valence-corrected chi connectivity index (χ3v) is 13.3. The van der Waals surface area contributed by atoms with E-state index in [-0.39, 0.29) is 36.9 Å². The zero-order chi connectivity index (χ0) is 43.3. The number of aliphatic hydroxyl groups excluding tert-OH is 1. The van der Waals surface area contributed by atoms with Crippen molar-refractivity contribution < 1.29 is 19.1 Å². The summed E-state index contributed by atoms with van der Waals surface area (Å²) in [7, 11) is 0. The molecule has 8 rings (SSSR count). The fourth-order valence-electron chi connectivity index (χ4n) is 9.91. The predicted octanol–water partition coefficient (Wildman–Crippen LogP) is 8.79. The molecule has 0 saturated carbocycles. The van der Waals surface area contributed by atoms with E-state index in [9.17, 15) is 14.7 Å². The number of alkyl halides is 1. The molecular formula is C52H59FN6O3. The topological polar surface area (TPSA) is 92.0 Å². The third-order valence-electron chi connectivity index (χ3n) is 13.3. The number of rotatable bonds is 15. The van der Waals surface area contributed by atoms with Gasteiger partial charge in [-0.1, -0.05) is 137 Å². The quantitative estimate of drug-likeness (QED) is 0.129. The number of carbonyl (C=O) groups excluding carboxylic acids is 2. The number of amides is 2. The molecule has 6 atom stereocenters. The maximum atomic E-state index is 15.1. The number of hydrogen-bond acceptors (Lipinski definition) is 7. The van der Waals surface area contributed by atoms with Crippen molar-refractivity contribution in [3.63, 3.8) is 0 Å². The van der Waals surface area contributed by atoms with E-state index in [2.05, 4.69) is 86.0 Å². The molecule has 4 aromatic rings. The highest BCUT2D eigenvalue weighted by Crippen LogP contribution is 2.36. The van der Waals surface area contributed by atoms with Crippen LogP contribution in [0.15, 0.2) is 132 Å². The molecule has 4 heterocycles. The summed E-state index contributed by atoms with van der Waals surface area (Å²) in [6, 6.07) is 35.2. The molecule has 9 nitrogen and oxygen atoms in total. The molecule has 322 valence electrons. The highest BCUT2D eigenvalue weighted by molar-refractivity contribution is 6.05. The molecule has 4 aromatic carbocycles. The molecule has 4 aliphatic heterocycles. The zero-order valence-electron chi connectivity index (χ0n) is 36.4. The highest BCUT2D eigenvalue weighted by atomic mass is 19.1. The van der Waals surface area contributed by atoms with Gasteiger partial charge >= 0.3 is 0 Å². The fraction of sp³-hybridized carbons (Fsp3) is 0.385. The van der Waals surface area contributed by atoms with Crippen molar-refractivity contribution in [3.05, 3.63) is 144 Å². The first-order valence-electron chi connectivity index (χ1n) is 22.4. The molecule has 2 amide bonds. The summed E-state index contributed by atoms with van der Waals surface area (Å²) in [4.78, 5) is 46.1. The molecule has 10 heteroatoms. The summed E-state index contributed by atoms with van der Waals surface area (Å²) in [5, 5.41) is 10.8. The maximum absolute atomic E-state index is 15.1. The number of benzene rings is 4. The van der Waals surface area contributed by atoms with Crippen LogP contribution in [0, 0.1) is 0 Å². The second kappa shape index (κ2) is 19.2. The smallest absolute Gasteiger partial charge is 0.245 e. The lowest BCUT2D eigenvalue weighted by atomic mass is 9.94. The monoisotopic (exact) mass is 834 g/mol. The van der Waals surface area contributed by atoms with Crippen molar-refractivity contribution >= 4 is 34.4 Å². The van der Waals surface area contributed by atoms with E-state index in [1.54, 1.807) is 4.90 Å². The first-order valence-corrected chi connectivity index (χ1v) is 22.4. The highest BCUT2D eigenvalue weighted by Gasteiger charge is 2.44. The zero-order valence-corrected chi connectivity index (χ0v) is 36.4. The van der Waals surface area contributed by atoms with E-state index in [4.69, 9.17) is 9.98 Å². The number of carbonyl (C=O) groups is 2. The summed E-state index contributed by atoms with van der Waals surface area (Å²) >= 11 is 0. The van der Waals surface area contributed by atoms with Crippen molar-refractivity contribution in [1.29, 1.82) is 0 Å². The number of halogens is 1. The summed E-state index contributed by atoms with van der Waals surface area (Å²) in [6.45, 7) is 11.6. The molecular weight excluding hydrogens is 776 g/mol. The fourth-order valence-corrected chi connectivity index (χ4v) is 9.91. The summed E-state index contributed by atoms with van der Waals surface area (Å²) < 4.78 is 15.1. The van der Waals surface area contributed by atoms with Gasteiger partial charge in [-0.3, -0.25) is 29.4 Å². The van der Waals surface area contributed by atoms with E-state index in [1.165, 1.54) is 0 Å². The second-order valence-electron chi connectivity index (χ2n) is 16.9. The van der Waals surface area contributed by atoms with Crippen molar-refractivity contribution in [2.45, 2.75) is 89.8 Å². The number of hydrogen-bond donors (Lipinski definition) is 1. The molecule has 2 saturated heterocycles. The van der Waals surface area contributed by atoms with Gasteiger partial charge < -0.3 is 14.9 Å². The van der Waals surface area contributed by atoms with Crippen LogP contribution in [0.1, 0.15) is 87.7 Å². The van der Waals surface area contributed by atoms with Crippen molar-refractivity contribution in [2.24, 2.45) is 9.98 Å². The molecule has 1 unspecified atom stereocenters. The lowest BCUT2D eigenvalue weighted by molar-refractivity contribution is -0.138. The normalized spacial score (nSPS) is 22.2. The Bertz CT molecular complexity index is 2150. The summed E-state index contributed by atoms with van der Waals surface area (Å²) in [5.41, 5.74) is 10.1. The van der Waals surface area contributed by atoms with Gasteiger partial charge in [0.15, 0.2) is 0 Å². The Kier molecular flexibility index (Phi) is 13.4. The molecule has 0 aromatic heterocycles. The van der Waals surface area contributed by atoms with Gasteiger partial charge in [-0.15, -0.1) is 0 Å². The summed E-state index contributed by atoms with van der Waals surface area (Å²) in [6.07, 6.45) is 4.05. The van der Waals surface area contributed by atoms with Gasteiger partial charge in [0, 0.05) is 56.1 Å². The van der Waals surface area contributed by atoms with Crippen LogP contribution in [0.5, 0.6) is 0 Å². The van der Waals surface area contributed by atoms with Crippen LogP contribution in [0.3, 0.4) is 0 Å². The Labute approximate surface area is 366 Å².